The van der Waals surface area contributed by atoms with Crippen LogP contribution in [0.15, 0.2) is 51.5 Å². The minimum absolute atomic E-state index is 0.117. The Morgan fingerprint density at radius 1 is 1.26 bits per heavy atom. The molecule has 2 N–H and O–H groups in total. The SMILES string of the molecule is Cn1ccnc1Sc1ccc(F)cc1NC(=O)c1cc2c([nH]c1=O)CC(C)(C)CC2=O. The number of imidazole rings is 1. The summed E-state index contributed by atoms with van der Waals surface area (Å²) in [5.41, 5.74) is 0.0729. The minimum atomic E-state index is -0.714. The number of carbonyl (C=O) groups is 2. The third kappa shape index (κ3) is 4.32. The van der Waals surface area contributed by atoms with Crippen molar-refractivity contribution in [3.8, 4) is 0 Å². The Bertz CT molecular complexity index is 1260. The third-order valence-corrected chi connectivity index (χ3v) is 6.28. The van der Waals surface area contributed by atoms with Gasteiger partial charge >= 0.3 is 0 Å². The molecule has 0 saturated carbocycles. The van der Waals surface area contributed by atoms with Crippen LogP contribution in [0.4, 0.5) is 10.1 Å². The molecule has 0 atom stereocenters. The van der Waals surface area contributed by atoms with Gasteiger partial charge in [-0.1, -0.05) is 13.8 Å². The van der Waals surface area contributed by atoms with Crippen LogP contribution in [-0.4, -0.2) is 26.2 Å². The molecule has 2 aromatic heterocycles. The lowest BCUT2D eigenvalue weighted by atomic mass is 9.75. The molecule has 0 spiro atoms. The van der Waals surface area contributed by atoms with Gasteiger partial charge in [-0.2, -0.15) is 0 Å². The van der Waals surface area contributed by atoms with Gasteiger partial charge in [-0.3, -0.25) is 14.4 Å². The molecule has 0 unspecified atom stereocenters. The summed E-state index contributed by atoms with van der Waals surface area (Å²) in [6, 6.07) is 5.34. The van der Waals surface area contributed by atoms with Crippen molar-refractivity contribution in [2.24, 2.45) is 12.5 Å². The highest BCUT2D eigenvalue weighted by molar-refractivity contribution is 7.99. The summed E-state index contributed by atoms with van der Waals surface area (Å²) in [6.45, 7) is 3.91. The lowest BCUT2D eigenvalue weighted by molar-refractivity contribution is 0.0910. The summed E-state index contributed by atoms with van der Waals surface area (Å²) in [7, 11) is 1.82. The van der Waals surface area contributed by atoms with Crippen LogP contribution in [0.1, 0.15) is 46.7 Å². The number of aromatic nitrogens is 3. The fourth-order valence-electron chi connectivity index (χ4n) is 3.62. The molecule has 3 aromatic rings. The van der Waals surface area contributed by atoms with Gasteiger partial charge in [-0.15, -0.1) is 0 Å². The maximum absolute atomic E-state index is 13.9. The van der Waals surface area contributed by atoms with E-state index < -0.39 is 17.3 Å². The van der Waals surface area contributed by atoms with E-state index >= 15 is 0 Å². The largest absolute Gasteiger partial charge is 0.329 e. The Hall–Kier alpha value is -3.20. The van der Waals surface area contributed by atoms with Gasteiger partial charge < -0.3 is 14.9 Å². The number of aryl methyl sites for hydroxylation is 1. The van der Waals surface area contributed by atoms with Gasteiger partial charge in [0.15, 0.2) is 10.9 Å². The van der Waals surface area contributed by atoms with Crippen molar-refractivity contribution in [1.29, 1.82) is 0 Å². The van der Waals surface area contributed by atoms with E-state index in [0.29, 0.717) is 34.2 Å². The van der Waals surface area contributed by atoms with E-state index in [1.807, 2.05) is 20.9 Å². The van der Waals surface area contributed by atoms with Crippen LogP contribution < -0.4 is 10.9 Å². The lowest BCUT2D eigenvalue weighted by Crippen LogP contribution is -2.32. The first kappa shape index (κ1) is 21.0. The number of halogens is 1. The molecular formula is C22H21FN4O3S. The lowest BCUT2D eigenvalue weighted by Gasteiger charge is -2.29. The van der Waals surface area contributed by atoms with Crippen molar-refractivity contribution in [3.05, 3.63) is 69.7 Å². The van der Waals surface area contributed by atoms with E-state index in [1.165, 1.54) is 36.0 Å². The van der Waals surface area contributed by atoms with E-state index in [2.05, 4.69) is 15.3 Å². The zero-order valence-corrected chi connectivity index (χ0v) is 18.1. The Balaban J connectivity index is 1.66. The number of hydrogen-bond donors (Lipinski definition) is 2. The van der Waals surface area contributed by atoms with Crippen molar-refractivity contribution >= 4 is 29.1 Å². The van der Waals surface area contributed by atoms with E-state index in [0.717, 1.165) is 0 Å². The second kappa shape index (κ2) is 7.81. The standard InChI is InChI=1S/C22H21FN4O3S/c1-22(2)10-16-13(17(28)11-22)9-14(20(30)26-16)19(29)25-15-8-12(23)4-5-18(15)31-21-24-6-7-27(21)3/h4-9H,10-11H2,1-3H3,(H,25,29)(H,26,30). The number of Topliss-reactive ketones (excluding diaryl/α,β-unsaturated/α-hetero) is 1. The number of aromatic amines is 1. The summed E-state index contributed by atoms with van der Waals surface area (Å²) in [5.74, 6) is -1.36. The molecule has 1 aromatic carbocycles. The molecule has 0 bridgehead atoms. The Morgan fingerprint density at radius 3 is 2.74 bits per heavy atom. The number of amides is 1. The van der Waals surface area contributed by atoms with Crippen molar-refractivity contribution in [3.63, 3.8) is 0 Å². The van der Waals surface area contributed by atoms with E-state index in [9.17, 15) is 18.8 Å². The van der Waals surface area contributed by atoms with Crippen molar-refractivity contribution in [1.82, 2.24) is 14.5 Å². The normalized spacial score (nSPS) is 14.9. The highest BCUT2D eigenvalue weighted by atomic mass is 32.2. The highest BCUT2D eigenvalue weighted by Gasteiger charge is 2.32. The van der Waals surface area contributed by atoms with Gasteiger partial charge in [0.1, 0.15) is 11.4 Å². The number of nitrogens with one attached hydrogen (secondary N) is 2. The van der Waals surface area contributed by atoms with Gasteiger partial charge in [-0.25, -0.2) is 9.37 Å². The first-order chi connectivity index (χ1) is 14.6. The van der Waals surface area contributed by atoms with Gasteiger partial charge in [0.25, 0.3) is 11.5 Å². The number of anilines is 1. The predicted molar refractivity (Wildman–Crippen MR) is 115 cm³/mol. The smallest absolute Gasteiger partial charge is 0.261 e. The fraction of sp³-hybridized carbons (Fsp3) is 0.273. The molecular weight excluding hydrogens is 419 g/mol. The molecule has 160 valence electrons. The van der Waals surface area contributed by atoms with Crippen LogP contribution in [0.2, 0.25) is 0 Å². The molecule has 9 heteroatoms. The molecule has 0 radical (unpaired) electrons. The van der Waals surface area contributed by atoms with Crippen LogP contribution >= 0.6 is 11.8 Å². The Labute approximate surface area is 182 Å². The number of benzene rings is 1. The number of fused-ring (bicyclic) bond motifs is 1. The summed E-state index contributed by atoms with van der Waals surface area (Å²) in [6.07, 6.45) is 4.28. The Morgan fingerprint density at radius 2 is 2.03 bits per heavy atom. The number of rotatable bonds is 4. The number of hydrogen-bond acceptors (Lipinski definition) is 5. The monoisotopic (exact) mass is 440 g/mol. The number of H-pyrrole nitrogens is 1. The molecule has 7 nitrogen and oxygen atoms in total. The topological polar surface area (TPSA) is 96.8 Å². The second-order valence-corrected chi connectivity index (χ2v) is 9.37. The number of carbonyl (C=O) groups excluding carboxylic acids is 2. The van der Waals surface area contributed by atoms with Crippen LogP contribution in [0.25, 0.3) is 0 Å². The van der Waals surface area contributed by atoms with Gasteiger partial charge in [0.2, 0.25) is 0 Å². The third-order valence-electron chi connectivity index (χ3n) is 5.13. The summed E-state index contributed by atoms with van der Waals surface area (Å²) < 4.78 is 15.7. The Kier molecular flexibility index (Phi) is 5.30. The van der Waals surface area contributed by atoms with Gasteiger partial charge in [0.05, 0.1) is 5.69 Å². The molecule has 1 amide bonds. The molecule has 2 heterocycles. The van der Waals surface area contributed by atoms with Crippen LogP contribution in [0, 0.1) is 11.2 Å². The van der Waals surface area contributed by atoms with Crippen LogP contribution in [0.3, 0.4) is 0 Å². The van der Waals surface area contributed by atoms with Crippen LogP contribution in [0.5, 0.6) is 0 Å². The van der Waals surface area contributed by atoms with E-state index in [4.69, 9.17) is 0 Å². The summed E-state index contributed by atoms with van der Waals surface area (Å²) in [5, 5.41) is 3.26. The fourth-order valence-corrected chi connectivity index (χ4v) is 4.49. The van der Waals surface area contributed by atoms with Crippen LogP contribution in [-0.2, 0) is 13.5 Å². The summed E-state index contributed by atoms with van der Waals surface area (Å²) in [4.78, 5) is 45.5. The van der Waals surface area contributed by atoms with Crippen molar-refractivity contribution < 1.29 is 14.0 Å². The second-order valence-electron chi connectivity index (χ2n) is 8.36. The molecule has 0 fully saturated rings. The minimum Gasteiger partial charge on any atom is -0.329 e. The van der Waals surface area contributed by atoms with Gasteiger partial charge in [-0.05, 0) is 47.9 Å². The molecule has 0 saturated heterocycles. The molecule has 4 rings (SSSR count). The van der Waals surface area contributed by atoms with E-state index in [1.54, 1.807) is 17.0 Å². The maximum Gasteiger partial charge on any atom is 0.261 e. The quantitative estimate of drug-likeness (QED) is 0.643. The average Bonchev–Trinajstić information content (AvgIpc) is 3.07. The zero-order valence-electron chi connectivity index (χ0n) is 17.3. The first-order valence-corrected chi connectivity index (χ1v) is 10.5. The summed E-state index contributed by atoms with van der Waals surface area (Å²) >= 11 is 1.25. The number of pyridine rings is 1. The molecule has 31 heavy (non-hydrogen) atoms. The molecule has 0 aliphatic heterocycles. The maximum atomic E-state index is 13.9. The van der Waals surface area contributed by atoms with Crippen molar-refractivity contribution in [2.75, 3.05) is 5.32 Å². The van der Waals surface area contributed by atoms with Crippen molar-refractivity contribution in [2.45, 2.75) is 36.7 Å². The number of nitrogens with zero attached hydrogens (tertiary/aromatic N) is 2. The zero-order chi connectivity index (χ0) is 22.3. The van der Waals surface area contributed by atoms with Gasteiger partial charge in [0, 0.05) is 42.0 Å². The van der Waals surface area contributed by atoms with E-state index in [-0.39, 0.29) is 22.4 Å². The highest BCUT2D eigenvalue weighted by Crippen LogP contribution is 2.34. The first-order valence-electron chi connectivity index (χ1n) is 9.68. The average molecular weight is 441 g/mol. The molecule has 1 aliphatic rings. The number of ketones is 1. The molecule has 1 aliphatic carbocycles. The predicted octanol–water partition coefficient (Wildman–Crippen LogP) is 3.81.